The van der Waals surface area contributed by atoms with Crippen LogP contribution in [0, 0.1) is 0 Å². The molecule has 3 aromatic carbocycles. The van der Waals surface area contributed by atoms with Crippen molar-refractivity contribution in [3.8, 4) is 0 Å². The summed E-state index contributed by atoms with van der Waals surface area (Å²) in [4.78, 5) is 15.0. The van der Waals surface area contributed by atoms with Crippen molar-refractivity contribution in [3.63, 3.8) is 0 Å². The molecule has 220 valence electrons. The summed E-state index contributed by atoms with van der Waals surface area (Å²) in [6, 6.07) is 25.6. The number of hydrogen-bond acceptors (Lipinski definition) is 3. The van der Waals surface area contributed by atoms with Gasteiger partial charge in [0.05, 0.1) is 17.1 Å². The van der Waals surface area contributed by atoms with E-state index in [1.807, 2.05) is 46.0 Å². The van der Waals surface area contributed by atoms with Crippen molar-refractivity contribution in [2.75, 3.05) is 6.54 Å². The molecule has 0 saturated carbocycles. The van der Waals surface area contributed by atoms with Crippen LogP contribution in [0.4, 0.5) is 5.69 Å². The van der Waals surface area contributed by atoms with E-state index in [0.29, 0.717) is 18.4 Å². The number of rotatable bonds is 6. The Morgan fingerprint density at radius 2 is 1.24 bits per heavy atom. The second-order valence-corrected chi connectivity index (χ2v) is 11.4. The number of halogens is 2. The van der Waals surface area contributed by atoms with Gasteiger partial charge in [-0.3, -0.25) is 9.98 Å². The van der Waals surface area contributed by atoms with Crippen molar-refractivity contribution in [1.82, 2.24) is 4.98 Å². The third kappa shape index (κ3) is 8.75. The summed E-state index contributed by atoms with van der Waals surface area (Å²) in [7, 11) is 9.53. The number of para-hydroxylation sites is 1. The van der Waals surface area contributed by atoms with Crippen molar-refractivity contribution in [1.29, 1.82) is 0 Å². The maximum atomic E-state index is 5.42. The van der Waals surface area contributed by atoms with Gasteiger partial charge in [0, 0.05) is 41.4 Å². The molecule has 0 fully saturated rings. The Kier molecular flexibility index (Phi) is 15.4. The molecule has 0 aliphatic heterocycles. The Bertz CT molecular complexity index is 1400. The molecule has 0 amide bonds. The molecule has 1 heterocycles. The molecule has 0 unspecified atom stereocenters. The van der Waals surface area contributed by atoms with Crippen molar-refractivity contribution in [2.24, 2.45) is 9.98 Å². The monoisotopic (exact) mass is 631 g/mol. The van der Waals surface area contributed by atoms with Gasteiger partial charge in [-0.15, -0.1) is 0 Å². The fourth-order valence-electron chi connectivity index (χ4n) is 4.84. The van der Waals surface area contributed by atoms with Crippen LogP contribution in [0.5, 0.6) is 0 Å². The van der Waals surface area contributed by atoms with Gasteiger partial charge in [0.15, 0.2) is 0 Å². The molecule has 4 aromatic rings. The molecule has 0 bridgehead atoms. The van der Waals surface area contributed by atoms with Gasteiger partial charge in [-0.25, -0.2) is 4.99 Å². The number of aromatic nitrogens is 1. The molecule has 1 aliphatic rings. The van der Waals surface area contributed by atoms with E-state index >= 15 is 0 Å². The number of benzene rings is 3. The van der Waals surface area contributed by atoms with Crippen molar-refractivity contribution >= 4 is 48.1 Å². The standard InChI is InChI=1S/C31H31N3.2C2H6.2ClH.Fe/c1-20(2)24-13-9-14-25(21(3)4)29(24)34-31-27-16-8-11-22-10-7-15-26(28(22)27)30(31)33-19-17-23-12-5-6-18-32-23;2*1-2;;;/h5-16,18,20-21H,17,19H2,1-4H3;2*1-2H3;2*1H;/q;;;;;+2/p-2. The summed E-state index contributed by atoms with van der Waals surface area (Å²) in [5, 5.41) is 2.49. The van der Waals surface area contributed by atoms with Crippen molar-refractivity contribution in [3.05, 3.63) is 107 Å². The summed E-state index contributed by atoms with van der Waals surface area (Å²) < 4.78 is 0. The van der Waals surface area contributed by atoms with Crippen LogP contribution in [0.15, 0.2) is 89.0 Å². The Labute approximate surface area is 262 Å². The SMILES string of the molecule is CC.CC.CC(C)c1cccc(C(C)C)c1N=C1C(=NCCc2ccccn2)c2cccc3cccc1c23.[Cl][Fe][Cl]. The van der Waals surface area contributed by atoms with E-state index in [1.165, 1.54) is 33.0 Å². The Morgan fingerprint density at radius 1 is 0.707 bits per heavy atom. The molecule has 41 heavy (non-hydrogen) atoms. The van der Waals surface area contributed by atoms with Crippen LogP contribution in [-0.4, -0.2) is 23.0 Å². The number of hydrogen-bond donors (Lipinski definition) is 0. The van der Waals surface area contributed by atoms with Crippen LogP contribution in [-0.2, 0) is 19.6 Å². The molecular formula is C35H43Cl2FeN3. The number of aliphatic imine (C=N–C) groups is 2. The Balaban J connectivity index is 0.000000775. The van der Waals surface area contributed by atoms with Gasteiger partial charge < -0.3 is 0 Å². The minimum absolute atomic E-state index is 0.194. The third-order valence-electron chi connectivity index (χ3n) is 6.57. The van der Waals surface area contributed by atoms with Gasteiger partial charge in [-0.1, -0.05) is 116 Å². The molecule has 6 heteroatoms. The summed E-state index contributed by atoms with van der Waals surface area (Å²) in [5.41, 5.74) is 9.08. The Morgan fingerprint density at radius 3 is 1.76 bits per heavy atom. The van der Waals surface area contributed by atoms with Crippen LogP contribution < -0.4 is 0 Å². The van der Waals surface area contributed by atoms with Crippen LogP contribution in [0.2, 0.25) is 0 Å². The van der Waals surface area contributed by atoms with Gasteiger partial charge in [0.25, 0.3) is 0 Å². The van der Waals surface area contributed by atoms with Crippen molar-refractivity contribution < 1.29 is 13.1 Å². The van der Waals surface area contributed by atoms with Gasteiger partial charge in [0.1, 0.15) is 0 Å². The van der Waals surface area contributed by atoms with E-state index in [-0.39, 0.29) is 13.1 Å². The van der Waals surface area contributed by atoms with Gasteiger partial charge in [-0.05, 0) is 40.5 Å². The molecule has 1 aromatic heterocycles. The van der Waals surface area contributed by atoms with E-state index < -0.39 is 0 Å². The third-order valence-corrected chi connectivity index (χ3v) is 6.57. The Hall–Kier alpha value is -2.49. The predicted molar refractivity (Wildman–Crippen MR) is 179 cm³/mol. The molecule has 5 rings (SSSR count). The fraction of sp³-hybridized carbons (Fsp3) is 0.343. The summed E-state index contributed by atoms with van der Waals surface area (Å²) in [5.74, 6) is 0.782. The number of pyridine rings is 1. The van der Waals surface area contributed by atoms with E-state index in [4.69, 9.17) is 30.2 Å². The topological polar surface area (TPSA) is 37.6 Å². The average Bonchev–Trinajstić information content (AvgIpc) is 3.30. The predicted octanol–water partition coefficient (Wildman–Crippen LogP) is 11.1. The molecule has 0 atom stereocenters. The quantitative estimate of drug-likeness (QED) is 0.195. The maximum absolute atomic E-state index is 5.42. The first-order valence-corrected chi connectivity index (χ1v) is 17.5. The summed E-state index contributed by atoms with van der Waals surface area (Å²) >= 11 is 0.194. The first kappa shape index (κ1) is 34.7. The zero-order valence-electron chi connectivity index (χ0n) is 25.5. The summed E-state index contributed by atoms with van der Waals surface area (Å²) in [6.07, 6.45) is 2.65. The van der Waals surface area contributed by atoms with E-state index in [9.17, 15) is 0 Å². The van der Waals surface area contributed by atoms with E-state index in [2.05, 4.69) is 93.3 Å². The molecular weight excluding hydrogens is 589 g/mol. The zero-order valence-corrected chi connectivity index (χ0v) is 28.1. The van der Waals surface area contributed by atoms with E-state index in [0.717, 1.165) is 29.2 Å². The zero-order chi connectivity index (χ0) is 30.4. The van der Waals surface area contributed by atoms with Gasteiger partial charge in [0.2, 0.25) is 0 Å². The molecule has 0 N–H and O–H groups in total. The molecule has 0 saturated heterocycles. The van der Waals surface area contributed by atoms with Crippen LogP contribution >= 0.6 is 20.2 Å². The molecule has 3 nitrogen and oxygen atoms in total. The normalized spacial score (nSPS) is 13.6. The number of nitrogens with zero attached hydrogens (tertiary/aromatic N) is 3. The van der Waals surface area contributed by atoms with Crippen LogP contribution in [0.25, 0.3) is 10.8 Å². The molecule has 1 aliphatic carbocycles. The molecule has 0 radical (unpaired) electrons. The van der Waals surface area contributed by atoms with Crippen LogP contribution in [0.3, 0.4) is 0 Å². The summed E-state index contributed by atoms with van der Waals surface area (Å²) in [6.45, 7) is 17.7. The first-order chi connectivity index (χ1) is 20.0. The minimum atomic E-state index is 0.194. The fourth-order valence-corrected chi connectivity index (χ4v) is 4.84. The average molecular weight is 633 g/mol. The molecule has 0 spiro atoms. The second-order valence-electron chi connectivity index (χ2n) is 9.62. The van der Waals surface area contributed by atoms with E-state index in [1.54, 1.807) is 0 Å². The second kappa shape index (κ2) is 18.1. The van der Waals surface area contributed by atoms with Gasteiger partial charge >= 0.3 is 33.3 Å². The first-order valence-electron chi connectivity index (χ1n) is 14.5. The van der Waals surface area contributed by atoms with Gasteiger partial charge in [-0.2, -0.15) is 0 Å². The van der Waals surface area contributed by atoms with Crippen LogP contribution in [0.1, 0.15) is 95.2 Å². The van der Waals surface area contributed by atoms with Crippen molar-refractivity contribution in [2.45, 2.75) is 73.6 Å².